The summed E-state index contributed by atoms with van der Waals surface area (Å²) in [6, 6.07) is -1.25. The van der Waals surface area contributed by atoms with Crippen molar-refractivity contribution in [1.29, 1.82) is 0 Å². The van der Waals surface area contributed by atoms with E-state index in [1.54, 1.807) is 0 Å². The van der Waals surface area contributed by atoms with E-state index in [2.05, 4.69) is 21.2 Å². The first-order valence-electron chi connectivity index (χ1n) is 6.91. The Bertz CT molecular complexity index is 488. The summed E-state index contributed by atoms with van der Waals surface area (Å²) in [6.45, 7) is -0.841. The van der Waals surface area contributed by atoms with E-state index < -0.39 is 61.1 Å². The molecule has 6 atom stereocenters. The van der Waals surface area contributed by atoms with E-state index in [-0.39, 0.29) is 0 Å². The maximum absolute atomic E-state index is 11.7. The van der Waals surface area contributed by atoms with Gasteiger partial charge < -0.3 is 40.3 Å². The van der Waals surface area contributed by atoms with Gasteiger partial charge in [-0.2, -0.15) is 0 Å². The molecule has 11 heteroatoms. The highest BCUT2D eigenvalue weighted by atomic mass is 79.9. The van der Waals surface area contributed by atoms with Gasteiger partial charge in [0, 0.05) is 19.6 Å². The van der Waals surface area contributed by atoms with Gasteiger partial charge in [-0.1, -0.05) is 15.9 Å². The van der Waals surface area contributed by atoms with Crippen LogP contribution in [-0.2, 0) is 19.1 Å². The van der Waals surface area contributed by atoms with E-state index in [4.69, 9.17) is 14.6 Å². The molecule has 1 aliphatic rings. The van der Waals surface area contributed by atoms with Crippen LogP contribution in [0.15, 0.2) is 11.1 Å². The number of amides is 1. The predicted octanol–water partition coefficient (Wildman–Crippen LogP) is -2.33. The van der Waals surface area contributed by atoms with E-state index in [0.29, 0.717) is 0 Å². The van der Waals surface area contributed by atoms with Crippen molar-refractivity contribution in [2.24, 2.45) is 0 Å². The number of aliphatic carboxylic acids is 1. The van der Waals surface area contributed by atoms with Crippen LogP contribution in [0.1, 0.15) is 6.42 Å². The van der Waals surface area contributed by atoms with E-state index in [0.717, 1.165) is 13.2 Å². The van der Waals surface area contributed by atoms with Crippen LogP contribution in [0.2, 0.25) is 0 Å². The Morgan fingerprint density at radius 3 is 2.58 bits per heavy atom. The molecule has 1 amide bonds. The van der Waals surface area contributed by atoms with Crippen molar-refractivity contribution in [1.82, 2.24) is 5.32 Å². The van der Waals surface area contributed by atoms with Crippen molar-refractivity contribution in [2.75, 3.05) is 13.7 Å². The fraction of sp³-hybridized carbons (Fsp3) is 0.692. The molecule has 0 aliphatic carbocycles. The van der Waals surface area contributed by atoms with Crippen molar-refractivity contribution < 1.29 is 44.6 Å². The minimum Gasteiger partial charge on any atom is -0.477 e. The van der Waals surface area contributed by atoms with Crippen molar-refractivity contribution in [3.63, 3.8) is 0 Å². The number of hydrogen-bond donors (Lipinski definition) is 6. The van der Waals surface area contributed by atoms with E-state index in [9.17, 15) is 30.0 Å². The zero-order chi connectivity index (χ0) is 18.5. The Labute approximate surface area is 145 Å². The highest BCUT2D eigenvalue weighted by molar-refractivity contribution is 9.11. The van der Waals surface area contributed by atoms with Crippen molar-refractivity contribution in [3.05, 3.63) is 11.1 Å². The van der Waals surface area contributed by atoms with Crippen LogP contribution in [-0.4, -0.2) is 87.4 Å². The molecule has 1 rings (SSSR count). The van der Waals surface area contributed by atoms with Gasteiger partial charge >= 0.3 is 5.97 Å². The van der Waals surface area contributed by atoms with Gasteiger partial charge in [-0.25, -0.2) is 4.79 Å². The molecule has 0 aromatic rings. The van der Waals surface area contributed by atoms with Crippen molar-refractivity contribution in [3.8, 4) is 0 Å². The van der Waals surface area contributed by atoms with Crippen LogP contribution in [0.25, 0.3) is 0 Å². The van der Waals surface area contributed by atoms with Crippen LogP contribution in [0.4, 0.5) is 0 Å². The summed E-state index contributed by atoms with van der Waals surface area (Å²) in [5, 5.41) is 50.6. The van der Waals surface area contributed by atoms with Gasteiger partial charge in [0.15, 0.2) is 0 Å². The van der Waals surface area contributed by atoms with Gasteiger partial charge in [0.25, 0.3) is 5.79 Å². The fourth-order valence-corrected chi connectivity index (χ4v) is 2.62. The molecule has 138 valence electrons. The number of methoxy groups -OCH3 is 1. The highest BCUT2D eigenvalue weighted by Crippen LogP contribution is 2.32. The summed E-state index contributed by atoms with van der Waals surface area (Å²) in [4.78, 5) is 24.4. The number of aliphatic hydroxyl groups excluding tert-OH is 4. The second-order valence-corrected chi connectivity index (χ2v) is 5.71. The lowest BCUT2D eigenvalue weighted by molar-refractivity contribution is -0.303. The molecule has 1 saturated heterocycles. The molecular formula is C13H20BrNO9. The number of aliphatic hydroxyl groups is 4. The average Bonchev–Trinajstić information content (AvgIpc) is 2.55. The van der Waals surface area contributed by atoms with E-state index >= 15 is 0 Å². The second-order valence-electron chi connectivity index (χ2n) is 5.18. The topological polar surface area (TPSA) is 166 Å². The SMILES string of the molecule is CO[C@@]1(C(=O)O)C[C@H](O)[C@@H](NC(=O)/C=C/Br)[C@H]([C@@H](O)[C@H](O)CO)O1. The van der Waals surface area contributed by atoms with E-state index in [1.807, 2.05) is 0 Å². The first-order chi connectivity index (χ1) is 11.2. The van der Waals surface area contributed by atoms with Crippen LogP contribution in [0.3, 0.4) is 0 Å². The Hall–Kier alpha value is -1.08. The minimum atomic E-state index is -2.27. The molecule has 0 aromatic carbocycles. The summed E-state index contributed by atoms with van der Waals surface area (Å²) < 4.78 is 10.1. The summed E-state index contributed by atoms with van der Waals surface area (Å²) in [5.74, 6) is -4.48. The molecule has 0 saturated carbocycles. The van der Waals surface area contributed by atoms with Gasteiger partial charge in [0.05, 0.1) is 18.8 Å². The van der Waals surface area contributed by atoms with Gasteiger partial charge in [0.1, 0.15) is 18.3 Å². The lowest BCUT2D eigenvalue weighted by atomic mass is 9.88. The average molecular weight is 414 g/mol. The molecule has 6 N–H and O–H groups in total. The zero-order valence-corrected chi connectivity index (χ0v) is 14.3. The van der Waals surface area contributed by atoms with Crippen LogP contribution >= 0.6 is 15.9 Å². The smallest absolute Gasteiger partial charge is 0.364 e. The molecule has 1 aliphatic heterocycles. The molecule has 10 nitrogen and oxygen atoms in total. The summed E-state index contributed by atoms with van der Waals surface area (Å²) in [6.07, 6.45) is -5.95. The molecule has 1 heterocycles. The standard InChI is InChI=1S/C13H20BrNO9/c1-23-13(12(21)22)4-6(17)9(15-8(19)2-3-14)11(24-13)10(20)7(18)5-16/h2-3,6-7,9-11,16-18,20H,4-5H2,1H3,(H,15,19)(H,21,22)/b3-2+/t6-,7+,9+,10-,11+,13-/m0/s1. The normalized spacial score (nSPS) is 33.2. The quantitative estimate of drug-likeness (QED) is 0.251. The molecular weight excluding hydrogens is 394 g/mol. The third-order valence-electron chi connectivity index (χ3n) is 3.67. The van der Waals surface area contributed by atoms with Crippen molar-refractivity contribution >= 4 is 27.8 Å². The number of ether oxygens (including phenoxy) is 2. The van der Waals surface area contributed by atoms with Crippen LogP contribution in [0, 0.1) is 0 Å². The number of carbonyl (C=O) groups excluding carboxylic acids is 1. The predicted molar refractivity (Wildman–Crippen MR) is 82.0 cm³/mol. The number of rotatable bonds is 7. The number of hydrogen-bond acceptors (Lipinski definition) is 8. The first-order valence-corrected chi connectivity index (χ1v) is 7.82. The van der Waals surface area contributed by atoms with Crippen LogP contribution < -0.4 is 5.32 Å². The molecule has 24 heavy (non-hydrogen) atoms. The van der Waals surface area contributed by atoms with Gasteiger partial charge in [-0.05, 0) is 4.99 Å². The third kappa shape index (κ3) is 4.51. The molecule has 0 radical (unpaired) electrons. The Morgan fingerprint density at radius 2 is 2.12 bits per heavy atom. The molecule has 0 bridgehead atoms. The molecule has 0 aromatic heterocycles. The monoisotopic (exact) mass is 413 g/mol. The molecule has 0 unspecified atom stereocenters. The Morgan fingerprint density at radius 1 is 1.50 bits per heavy atom. The maximum atomic E-state index is 11.7. The largest absolute Gasteiger partial charge is 0.477 e. The number of halogens is 1. The zero-order valence-electron chi connectivity index (χ0n) is 12.7. The highest BCUT2D eigenvalue weighted by Gasteiger charge is 2.55. The maximum Gasteiger partial charge on any atom is 0.364 e. The Balaban J connectivity index is 3.16. The van der Waals surface area contributed by atoms with Crippen molar-refractivity contribution in [2.45, 2.75) is 42.7 Å². The van der Waals surface area contributed by atoms with Gasteiger partial charge in [-0.15, -0.1) is 0 Å². The van der Waals surface area contributed by atoms with E-state index in [1.165, 1.54) is 4.99 Å². The fourth-order valence-electron chi connectivity index (χ4n) is 2.38. The van der Waals surface area contributed by atoms with Gasteiger partial charge in [-0.3, -0.25) is 4.79 Å². The minimum absolute atomic E-state index is 0.528. The molecule has 1 fully saturated rings. The summed E-state index contributed by atoms with van der Waals surface area (Å²) in [5.41, 5.74) is 0. The summed E-state index contributed by atoms with van der Waals surface area (Å²) in [7, 11) is 1.04. The lowest BCUT2D eigenvalue weighted by Gasteiger charge is -2.46. The number of nitrogens with one attached hydrogen (secondary N) is 1. The molecule has 0 spiro atoms. The lowest BCUT2D eigenvalue weighted by Crippen LogP contribution is -2.67. The third-order valence-corrected chi connectivity index (χ3v) is 3.93. The van der Waals surface area contributed by atoms with Gasteiger partial charge in [0.2, 0.25) is 5.91 Å². The second kappa shape index (κ2) is 8.85. The van der Waals surface area contributed by atoms with Crippen LogP contribution in [0.5, 0.6) is 0 Å². The summed E-state index contributed by atoms with van der Waals surface area (Å²) >= 11 is 2.90. The Kier molecular flexibility index (Phi) is 7.73. The number of carbonyl (C=O) groups is 2. The number of carboxylic acid groups (broad SMARTS) is 1. The number of carboxylic acids is 1. The first kappa shape index (κ1) is 21.0.